The summed E-state index contributed by atoms with van der Waals surface area (Å²) in [6.07, 6.45) is 2.09. The van der Waals surface area contributed by atoms with Gasteiger partial charge in [0.05, 0.1) is 23.8 Å². The summed E-state index contributed by atoms with van der Waals surface area (Å²) < 4.78 is 30.8. The van der Waals surface area contributed by atoms with Crippen LogP contribution in [0.5, 0.6) is 5.75 Å². The van der Waals surface area contributed by atoms with E-state index in [1.54, 1.807) is 29.2 Å². The van der Waals surface area contributed by atoms with Crippen molar-refractivity contribution in [2.75, 3.05) is 19.7 Å². The average molecular weight is 457 g/mol. The van der Waals surface area contributed by atoms with Crippen LogP contribution in [0.1, 0.15) is 29.8 Å². The van der Waals surface area contributed by atoms with E-state index in [0.717, 1.165) is 12.8 Å². The van der Waals surface area contributed by atoms with Crippen molar-refractivity contribution in [1.82, 2.24) is 10.1 Å². The highest BCUT2D eigenvalue weighted by Crippen LogP contribution is 2.37. The third-order valence-corrected chi connectivity index (χ3v) is 6.30. The second-order valence-electron chi connectivity index (χ2n) is 8.28. The van der Waals surface area contributed by atoms with Crippen LogP contribution >= 0.6 is 11.6 Å². The Morgan fingerprint density at radius 3 is 2.94 bits per heavy atom. The molecule has 2 aliphatic heterocycles. The van der Waals surface area contributed by atoms with Crippen LogP contribution < -0.4 is 4.74 Å². The fourth-order valence-corrected chi connectivity index (χ4v) is 4.73. The number of hydrogen-bond donors (Lipinski definition) is 0. The maximum atomic E-state index is 13.4. The van der Waals surface area contributed by atoms with Gasteiger partial charge in [0.1, 0.15) is 23.4 Å². The number of ether oxygens (including phenoxy) is 2. The van der Waals surface area contributed by atoms with Gasteiger partial charge in [-0.15, -0.1) is 0 Å². The number of likely N-dealkylation sites (tertiary alicyclic amines) is 1. The summed E-state index contributed by atoms with van der Waals surface area (Å²) in [6.45, 7) is 1.45. The van der Waals surface area contributed by atoms with Gasteiger partial charge in [-0.3, -0.25) is 4.79 Å². The molecule has 0 bridgehead atoms. The number of amides is 1. The average Bonchev–Trinajstić information content (AvgIpc) is 3.41. The van der Waals surface area contributed by atoms with Gasteiger partial charge in [0, 0.05) is 30.7 Å². The van der Waals surface area contributed by atoms with E-state index in [-0.39, 0.29) is 23.6 Å². The van der Waals surface area contributed by atoms with E-state index in [9.17, 15) is 9.18 Å². The van der Waals surface area contributed by atoms with Crippen molar-refractivity contribution in [3.63, 3.8) is 0 Å². The van der Waals surface area contributed by atoms with E-state index in [2.05, 4.69) is 5.16 Å². The van der Waals surface area contributed by atoms with Gasteiger partial charge in [-0.05, 0) is 31.0 Å². The summed E-state index contributed by atoms with van der Waals surface area (Å²) in [6, 6.07) is 15.0. The first-order valence-electron chi connectivity index (χ1n) is 10.6. The summed E-state index contributed by atoms with van der Waals surface area (Å²) in [7, 11) is 0. The second-order valence-corrected chi connectivity index (χ2v) is 8.69. The molecule has 0 unspecified atom stereocenters. The molecule has 0 radical (unpaired) electrons. The van der Waals surface area contributed by atoms with Gasteiger partial charge in [0.25, 0.3) is 5.91 Å². The third kappa shape index (κ3) is 4.23. The number of hydrogen-bond acceptors (Lipinski definition) is 5. The fourth-order valence-electron chi connectivity index (χ4n) is 4.49. The van der Waals surface area contributed by atoms with Crippen LogP contribution in [-0.2, 0) is 4.74 Å². The molecule has 2 aromatic carbocycles. The van der Waals surface area contributed by atoms with E-state index in [0.29, 0.717) is 48.1 Å². The first-order chi connectivity index (χ1) is 15.5. The number of carbonyl (C=O) groups is 1. The van der Waals surface area contributed by atoms with Crippen molar-refractivity contribution in [2.24, 2.45) is 0 Å². The topological polar surface area (TPSA) is 64.8 Å². The molecule has 32 heavy (non-hydrogen) atoms. The van der Waals surface area contributed by atoms with Gasteiger partial charge in [-0.1, -0.05) is 41.0 Å². The molecule has 0 N–H and O–H groups in total. The van der Waals surface area contributed by atoms with Crippen LogP contribution in [0.4, 0.5) is 4.39 Å². The zero-order valence-electron chi connectivity index (χ0n) is 17.3. The Morgan fingerprint density at radius 1 is 1.22 bits per heavy atom. The summed E-state index contributed by atoms with van der Waals surface area (Å²) in [5.41, 5.74) is 0.757. The van der Waals surface area contributed by atoms with Crippen molar-refractivity contribution in [2.45, 2.75) is 31.0 Å². The monoisotopic (exact) mass is 456 g/mol. The molecule has 166 valence electrons. The highest BCUT2D eigenvalue weighted by atomic mass is 35.5. The molecule has 0 aliphatic carbocycles. The standard InChI is InChI=1S/C24H22ClFN2O4/c25-20-8-2-1-7-19(20)21-12-22(32-27-21)23(29)28-10-4-9-24(15-28)13-18(14-30-24)31-17-6-3-5-16(26)11-17/h1-3,5-8,11-12,18H,4,9-10,13-15H2/t18-,24-/m1/s1. The Morgan fingerprint density at radius 2 is 2.09 bits per heavy atom. The van der Waals surface area contributed by atoms with Gasteiger partial charge in [-0.25, -0.2) is 4.39 Å². The Bertz CT molecular complexity index is 1140. The molecule has 6 nitrogen and oxygen atoms in total. The summed E-state index contributed by atoms with van der Waals surface area (Å²) >= 11 is 6.23. The maximum absolute atomic E-state index is 13.4. The van der Waals surface area contributed by atoms with E-state index in [1.807, 2.05) is 18.2 Å². The Balaban J connectivity index is 1.26. The number of benzene rings is 2. The SMILES string of the molecule is O=C(c1cc(-c2ccccc2Cl)no1)N1CCC[C@@]2(C[C@@H](Oc3cccc(F)c3)CO2)C1. The summed E-state index contributed by atoms with van der Waals surface area (Å²) in [5, 5.41) is 4.57. The molecule has 0 saturated carbocycles. The number of aromatic nitrogens is 1. The van der Waals surface area contributed by atoms with Crippen molar-refractivity contribution in [1.29, 1.82) is 0 Å². The fraction of sp³-hybridized carbons (Fsp3) is 0.333. The zero-order valence-corrected chi connectivity index (χ0v) is 18.1. The van der Waals surface area contributed by atoms with Crippen LogP contribution in [0, 0.1) is 5.82 Å². The van der Waals surface area contributed by atoms with E-state index in [1.165, 1.54) is 12.1 Å². The zero-order chi connectivity index (χ0) is 22.1. The number of piperidine rings is 1. The van der Waals surface area contributed by atoms with Crippen LogP contribution in [0.15, 0.2) is 59.1 Å². The van der Waals surface area contributed by atoms with E-state index < -0.39 is 5.60 Å². The van der Waals surface area contributed by atoms with E-state index >= 15 is 0 Å². The van der Waals surface area contributed by atoms with Crippen molar-refractivity contribution in [3.05, 3.63) is 71.2 Å². The minimum absolute atomic E-state index is 0.169. The molecule has 2 aliphatic rings. The molecule has 2 fully saturated rings. The predicted molar refractivity (Wildman–Crippen MR) is 116 cm³/mol. The lowest BCUT2D eigenvalue weighted by atomic mass is 9.89. The van der Waals surface area contributed by atoms with Crippen LogP contribution in [0.2, 0.25) is 5.02 Å². The number of carbonyl (C=O) groups excluding carboxylic acids is 1. The lowest BCUT2D eigenvalue weighted by Gasteiger charge is -2.39. The second kappa shape index (κ2) is 8.56. The highest BCUT2D eigenvalue weighted by molar-refractivity contribution is 6.33. The number of nitrogens with zero attached hydrogens (tertiary/aromatic N) is 2. The number of halogens is 2. The van der Waals surface area contributed by atoms with Crippen molar-refractivity contribution in [3.8, 4) is 17.0 Å². The molecular weight excluding hydrogens is 435 g/mol. The van der Waals surface area contributed by atoms with Gasteiger partial charge >= 0.3 is 0 Å². The summed E-state index contributed by atoms with van der Waals surface area (Å²) in [4.78, 5) is 14.9. The van der Waals surface area contributed by atoms with Crippen molar-refractivity contribution < 1.29 is 23.2 Å². The minimum atomic E-state index is -0.475. The molecule has 3 aromatic rings. The molecule has 5 rings (SSSR count). The van der Waals surface area contributed by atoms with Gasteiger partial charge in [-0.2, -0.15) is 0 Å². The maximum Gasteiger partial charge on any atom is 0.292 e. The molecule has 2 saturated heterocycles. The smallest absolute Gasteiger partial charge is 0.292 e. The predicted octanol–water partition coefficient (Wildman–Crippen LogP) is 4.98. The quantitative estimate of drug-likeness (QED) is 0.554. The number of rotatable bonds is 4. The van der Waals surface area contributed by atoms with E-state index in [4.69, 9.17) is 25.6 Å². The van der Waals surface area contributed by atoms with Crippen LogP contribution in [0.25, 0.3) is 11.3 Å². The van der Waals surface area contributed by atoms with Gasteiger partial charge in [0.2, 0.25) is 5.76 Å². The minimum Gasteiger partial charge on any atom is -0.488 e. The molecule has 1 aromatic heterocycles. The molecule has 3 heterocycles. The van der Waals surface area contributed by atoms with Gasteiger partial charge in [0.15, 0.2) is 0 Å². The Hall–Kier alpha value is -2.90. The molecule has 1 spiro atoms. The first kappa shape index (κ1) is 21.0. The first-order valence-corrected chi connectivity index (χ1v) is 11.0. The molecule has 8 heteroatoms. The lowest BCUT2D eigenvalue weighted by molar-refractivity contribution is -0.0460. The largest absolute Gasteiger partial charge is 0.488 e. The van der Waals surface area contributed by atoms with Crippen molar-refractivity contribution >= 4 is 17.5 Å². The molecular formula is C24H22ClFN2O4. The van der Waals surface area contributed by atoms with Crippen LogP contribution in [0.3, 0.4) is 0 Å². The molecule has 1 amide bonds. The Labute approximate surface area is 189 Å². The normalized spacial score (nSPS) is 22.9. The summed E-state index contributed by atoms with van der Waals surface area (Å²) in [5.74, 6) is 0.0810. The van der Waals surface area contributed by atoms with Gasteiger partial charge < -0.3 is 18.9 Å². The Kier molecular flexibility index (Phi) is 5.61. The third-order valence-electron chi connectivity index (χ3n) is 5.97. The highest BCUT2D eigenvalue weighted by Gasteiger charge is 2.46. The molecule has 2 atom stereocenters. The lowest BCUT2D eigenvalue weighted by Crippen LogP contribution is -2.50. The van der Waals surface area contributed by atoms with Crippen LogP contribution in [-0.4, -0.2) is 47.4 Å².